The van der Waals surface area contributed by atoms with Crippen LogP contribution in [0.1, 0.15) is 33.4 Å². The maximum absolute atomic E-state index is 2.34. The van der Waals surface area contributed by atoms with Gasteiger partial charge in [0.15, 0.2) is 6.20 Å². The molecule has 3 aromatic rings. The summed E-state index contributed by atoms with van der Waals surface area (Å²) in [5.41, 5.74) is 13.9. The highest BCUT2D eigenvalue weighted by molar-refractivity contribution is 5.85. The van der Waals surface area contributed by atoms with Crippen molar-refractivity contribution in [3.63, 3.8) is 0 Å². The standard InChI is InChI=1S/C23H24N/c1-14-6-8-19-18(10-14)12-21-20(19)9-7-15(2)23(21)22-11-16(3)17(4)13-24(22)5/h6-11,13H,12H2,1-5H3/q+1. The number of pyridine rings is 1. The summed E-state index contributed by atoms with van der Waals surface area (Å²) in [6.07, 6.45) is 3.28. The summed E-state index contributed by atoms with van der Waals surface area (Å²) in [5.74, 6) is 0. The summed E-state index contributed by atoms with van der Waals surface area (Å²) in [4.78, 5) is 0. The molecule has 120 valence electrons. The van der Waals surface area contributed by atoms with Crippen LogP contribution in [-0.4, -0.2) is 0 Å². The molecule has 0 fully saturated rings. The zero-order valence-corrected chi connectivity index (χ0v) is 15.2. The second-order valence-corrected chi connectivity index (χ2v) is 7.26. The van der Waals surface area contributed by atoms with Gasteiger partial charge in [-0.1, -0.05) is 35.9 Å². The Balaban J connectivity index is 1.99. The van der Waals surface area contributed by atoms with Crippen molar-refractivity contribution in [3.05, 3.63) is 76.0 Å². The molecular weight excluding hydrogens is 290 g/mol. The molecule has 1 heterocycles. The van der Waals surface area contributed by atoms with E-state index in [2.05, 4.69) is 81.9 Å². The molecule has 1 aromatic heterocycles. The molecule has 0 saturated heterocycles. The highest BCUT2D eigenvalue weighted by atomic mass is 14.9. The van der Waals surface area contributed by atoms with Gasteiger partial charge >= 0.3 is 0 Å². The average Bonchev–Trinajstić information content (AvgIpc) is 2.88. The monoisotopic (exact) mass is 314 g/mol. The van der Waals surface area contributed by atoms with Crippen molar-refractivity contribution in [3.8, 4) is 22.4 Å². The van der Waals surface area contributed by atoms with E-state index in [-0.39, 0.29) is 0 Å². The van der Waals surface area contributed by atoms with Crippen LogP contribution in [0.15, 0.2) is 42.6 Å². The quantitative estimate of drug-likeness (QED) is 0.436. The lowest BCUT2D eigenvalue weighted by atomic mass is 9.93. The van der Waals surface area contributed by atoms with Crippen LogP contribution >= 0.6 is 0 Å². The first-order valence-electron chi connectivity index (χ1n) is 8.65. The first-order chi connectivity index (χ1) is 11.5. The van der Waals surface area contributed by atoms with E-state index in [0.717, 1.165) is 6.42 Å². The Morgan fingerprint density at radius 3 is 2.33 bits per heavy atom. The second kappa shape index (κ2) is 5.31. The molecule has 0 aliphatic heterocycles. The highest BCUT2D eigenvalue weighted by Gasteiger charge is 2.26. The van der Waals surface area contributed by atoms with E-state index in [1.807, 2.05) is 0 Å². The number of hydrogen-bond acceptors (Lipinski definition) is 0. The molecule has 4 rings (SSSR count). The molecule has 0 radical (unpaired) electrons. The molecule has 0 saturated carbocycles. The van der Waals surface area contributed by atoms with Gasteiger partial charge in [0.2, 0.25) is 5.69 Å². The maximum atomic E-state index is 2.34. The van der Waals surface area contributed by atoms with Gasteiger partial charge in [-0.05, 0) is 67.5 Å². The topological polar surface area (TPSA) is 3.88 Å². The molecule has 1 nitrogen and oxygen atoms in total. The molecule has 1 aliphatic rings. The van der Waals surface area contributed by atoms with Gasteiger partial charge in [0.1, 0.15) is 7.05 Å². The number of aromatic nitrogens is 1. The smallest absolute Gasteiger partial charge is 0.201 e. The number of rotatable bonds is 1. The lowest BCUT2D eigenvalue weighted by Gasteiger charge is -2.12. The minimum absolute atomic E-state index is 1.04. The number of benzene rings is 2. The van der Waals surface area contributed by atoms with Crippen molar-refractivity contribution in [1.82, 2.24) is 0 Å². The molecule has 1 heteroatoms. The van der Waals surface area contributed by atoms with E-state index in [1.165, 1.54) is 55.8 Å². The Morgan fingerprint density at radius 1 is 0.792 bits per heavy atom. The Morgan fingerprint density at radius 2 is 1.54 bits per heavy atom. The zero-order valence-electron chi connectivity index (χ0n) is 15.2. The summed E-state index contributed by atoms with van der Waals surface area (Å²) in [5, 5.41) is 0. The first-order valence-corrected chi connectivity index (χ1v) is 8.65. The van der Waals surface area contributed by atoms with Gasteiger partial charge in [-0.3, -0.25) is 0 Å². The summed E-state index contributed by atoms with van der Waals surface area (Å²) < 4.78 is 2.28. The van der Waals surface area contributed by atoms with Crippen LogP contribution in [0.5, 0.6) is 0 Å². The molecule has 0 bridgehead atoms. The van der Waals surface area contributed by atoms with E-state index in [0.29, 0.717) is 0 Å². The fourth-order valence-corrected chi connectivity index (χ4v) is 4.01. The minimum Gasteiger partial charge on any atom is -0.201 e. The molecule has 24 heavy (non-hydrogen) atoms. The van der Waals surface area contributed by atoms with Gasteiger partial charge < -0.3 is 0 Å². The van der Waals surface area contributed by atoms with Crippen LogP contribution in [0.2, 0.25) is 0 Å². The lowest BCUT2D eigenvalue weighted by molar-refractivity contribution is -0.660. The van der Waals surface area contributed by atoms with Crippen molar-refractivity contribution in [1.29, 1.82) is 0 Å². The molecule has 0 spiro atoms. The number of nitrogens with zero attached hydrogens (tertiary/aromatic N) is 1. The second-order valence-electron chi connectivity index (χ2n) is 7.26. The van der Waals surface area contributed by atoms with Crippen molar-refractivity contribution >= 4 is 0 Å². The third kappa shape index (κ3) is 2.19. The third-order valence-electron chi connectivity index (χ3n) is 5.44. The van der Waals surface area contributed by atoms with Gasteiger partial charge in [0.05, 0.1) is 5.56 Å². The summed E-state index contributed by atoms with van der Waals surface area (Å²) in [6.45, 7) is 8.80. The molecule has 0 unspecified atom stereocenters. The number of hydrogen-bond donors (Lipinski definition) is 0. The molecular formula is C23H24N+. The van der Waals surface area contributed by atoms with Crippen LogP contribution in [0.25, 0.3) is 22.4 Å². The lowest BCUT2D eigenvalue weighted by Crippen LogP contribution is -2.32. The van der Waals surface area contributed by atoms with Gasteiger partial charge in [-0.15, -0.1) is 0 Å². The summed E-state index contributed by atoms with van der Waals surface area (Å²) in [6, 6.07) is 13.8. The van der Waals surface area contributed by atoms with Crippen molar-refractivity contribution < 1.29 is 4.57 Å². The van der Waals surface area contributed by atoms with Crippen LogP contribution in [-0.2, 0) is 13.5 Å². The molecule has 0 N–H and O–H groups in total. The molecule has 1 aliphatic carbocycles. The normalized spacial score (nSPS) is 12.2. The minimum atomic E-state index is 1.04. The van der Waals surface area contributed by atoms with Crippen LogP contribution in [0.3, 0.4) is 0 Å². The van der Waals surface area contributed by atoms with Gasteiger partial charge in [0, 0.05) is 11.6 Å². The number of fused-ring (bicyclic) bond motifs is 3. The highest BCUT2D eigenvalue weighted by Crippen LogP contribution is 2.42. The van der Waals surface area contributed by atoms with Gasteiger partial charge in [0.25, 0.3) is 0 Å². The zero-order chi connectivity index (χ0) is 17.0. The maximum Gasteiger partial charge on any atom is 0.213 e. The fourth-order valence-electron chi connectivity index (χ4n) is 4.01. The van der Waals surface area contributed by atoms with E-state index in [1.54, 1.807) is 0 Å². The Kier molecular flexibility index (Phi) is 3.35. The van der Waals surface area contributed by atoms with Crippen molar-refractivity contribution in [2.24, 2.45) is 7.05 Å². The predicted octanol–water partition coefficient (Wildman–Crippen LogP) is 4.98. The first kappa shape index (κ1) is 15.1. The largest absolute Gasteiger partial charge is 0.213 e. The fraction of sp³-hybridized carbons (Fsp3) is 0.261. The Bertz CT molecular complexity index is 980. The van der Waals surface area contributed by atoms with Crippen molar-refractivity contribution in [2.75, 3.05) is 0 Å². The van der Waals surface area contributed by atoms with E-state index < -0.39 is 0 Å². The predicted molar refractivity (Wildman–Crippen MR) is 100 cm³/mol. The van der Waals surface area contributed by atoms with E-state index >= 15 is 0 Å². The summed E-state index contributed by atoms with van der Waals surface area (Å²) in [7, 11) is 2.16. The Hall–Kier alpha value is -2.41. The molecule has 0 atom stereocenters. The van der Waals surface area contributed by atoms with Crippen LogP contribution < -0.4 is 4.57 Å². The SMILES string of the molecule is Cc1ccc2c(c1)Cc1c-2ccc(C)c1-c1cc(C)c(C)c[n+]1C. The summed E-state index contributed by atoms with van der Waals surface area (Å²) >= 11 is 0. The van der Waals surface area contributed by atoms with E-state index in [9.17, 15) is 0 Å². The van der Waals surface area contributed by atoms with Crippen molar-refractivity contribution in [2.45, 2.75) is 34.1 Å². The third-order valence-corrected chi connectivity index (χ3v) is 5.44. The van der Waals surface area contributed by atoms with Gasteiger partial charge in [-0.2, -0.15) is 0 Å². The Labute approximate surface area is 144 Å². The molecule has 2 aromatic carbocycles. The number of aryl methyl sites for hydroxylation is 5. The van der Waals surface area contributed by atoms with Gasteiger partial charge in [-0.25, -0.2) is 4.57 Å². The average molecular weight is 314 g/mol. The van der Waals surface area contributed by atoms with Crippen LogP contribution in [0, 0.1) is 27.7 Å². The van der Waals surface area contributed by atoms with Crippen LogP contribution in [0.4, 0.5) is 0 Å². The van der Waals surface area contributed by atoms with E-state index in [4.69, 9.17) is 0 Å². The molecule has 0 amide bonds.